The van der Waals surface area contributed by atoms with Gasteiger partial charge in [0.2, 0.25) is 5.56 Å². The van der Waals surface area contributed by atoms with Crippen LogP contribution >= 0.6 is 12.4 Å². The molecule has 3 aromatic heterocycles. The number of hydrogen-bond donors (Lipinski definition) is 2. The molecule has 0 fully saturated rings. The molecule has 2 N–H and O–H groups in total. The number of para-hydroxylation sites is 1. The fourth-order valence-corrected chi connectivity index (χ4v) is 2.49. The van der Waals surface area contributed by atoms with E-state index in [1.807, 2.05) is 30.5 Å². The topological polar surface area (TPSA) is 61.5 Å². The lowest BCUT2D eigenvalue weighted by Gasteiger charge is -2.02. The van der Waals surface area contributed by atoms with E-state index in [9.17, 15) is 4.79 Å². The van der Waals surface area contributed by atoms with Crippen LogP contribution in [-0.2, 0) is 0 Å². The molecule has 0 saturated carbocycles. The van der Waals surface area contributed by atoms with Gasteiger partial charge in [-0.3, -0.25) is 4.79 Å². The minimum Gasteiger partial charge on any atom is -0.361 e. The molecular weight excluding hydrogens is 286 g/mol. The Morgan fingerprint density at radius 2 is 1.90 bits per heavy atom. The third kappa shape index (κ3) is 2.19. The zero-order chi connectivity index (χ0) is 13.5. The fraction of sp³-hybridized carbons (Fsp3) is 0. The zero-order valence-corrected chi connectivity index (χ0v) is 11.8. The summed E-state index contributed by atoms with van der Waals surface area (Å²) in [5, 5.41) is 2.09. The molecule has 1 aromatic carbocycles. The van der Waals surface area contributed by atoms with Crippen molar-refractivity contribution in [1.29, 1.82) is 0 Å². The van der Waals surface area contributed by atoms with Crippen molar-refractivity contribution >= 4 is 34.3 Å². The molecule has 0 radical (unpaired) electrons. The summed E-state index contributed by atoms with van der Waals surface area (Å²) in [6, 6.07) is 13.5. The Labute approximate surface area is 126 Å². The van der Waals surface area contributed by atoms with Crippen LogP contribution in [0.15, 0.2) is 59.7 Å². The number of H-pyrrole nitrogens is 2. The van der Waals surface area contributed by atoms with Crippen molar-refractivity contribution < 1.29 is 0 Å². The summed E-state index contributed by atoms with van der Waals surface area (Å²) in [6.07, 6.45) is 3.77. The molecule has 104 valence electrons. The minimum absolute atomic E-state index is 0. The van der Waals surface area contributed by atoms with Crippen molar-refractivity contribution in [2.45, 2.75) is 0 Å². The molecule has 0 spiro atoms. The fourth-order valence-electron chi connectivity index (χ4n) is 2.49. The van der Waals surface area contributed by atoms with E-state index in [0.29, 0.717) is 5.65 Å². The van der Waals surface area contributed by atoms with Gasteiger partial charge in [0, 0.05) is 45.9 Å². The van der Waals surface area contributed by atoms with Crippen molar-refractivity contribution in [2.75, 3.05) is 0 Å². The highest BCUT2D eigenvalue weighted by atomic mass is 35.5. The second kappa shape index (κ2) is 5.07. The summed E-state index contributed by atoms with van der Waals surface area (Å²) in [7, 11) is 0. The van der Waals surface area contributed by atoms with Crippen LogP contribution in [0.1, 0.15) is 0 Å². The molecule has 0 unspecified atom stereocenters. The molecular formula is C16H12ClN3O. The van der Waals surface area contributed by atoms with Crippen LogP contribution in [0.5, 0.6) is 0 Å². The Morgan fingerprint density at radius 3 is 2.81 bits per heavy atom. The number of nitrogens with one attached hydrogen (secondary N) is 2. The van der Waals surface area contributed by atoms with Crippen molar-refractivity contribution in [3.05, 3.63) is 65.2 Å². The summed E-state index contributed by atoms with van der Waals surface area (Å²) in [4.78, 5) is 21.6. The molecule has 0 amide bonds. The summed E-state index contributed by atoms with van der Waals surface area (Å²) in [5.74, 6) is 0. The molecule has 0 bridgehead atoms. The lowest BCUT2D eigenvalue weighted by molar-refractivity contribution is 1.23. The Kier molecular flexibility index (Phi) is 3.23. The number of halogens is 1. The molecule has 5 heteroatoms. The molecule has 3 heterocycles. The van der Waals surface area contributed by atoms with Crippen LogP contribution < -0.4 is 5.56 Å². The van der Waals surface area contributed by atoms with Crippen LogP contribution in [-0.4, -0.2) is 15.0 Å². The molecule has 0 saturated heterocycles. The normalized spacial score (nSPS) is 10.7. The highest BCUT2D eigenvalue weighted by molar-refractivity contribution is 5.96. The Morgan fingerprint density at radius 1 is 1.05 bits per heavy atom. The van der Waals surface area contributed by atoms with E-state index >= 15 is 0 Å². The van der Waals surface area contributed by atoms with Crippen molar-refractivity contribution in [3.8, 4) is 11.1 Å². The van der Waals surface area contributed by atoms with Gasteiger partial charge in [-0.2, -0.15) is 0 Å². The SMILES string of the molecule is Cl.O=c1ccc2cc(-c3c[nH]c4ccccc34)cnc2[nH]1. The average Bonchev–Trinajstić information content (AvgIpc) is 2.91. The van der Waals surface area contributed by atoms with Crippen LogP contribution in [0.4, 0.5) is 0 Å². The van der Waals surface area contributed by atoms with Crippen LogP contribution in [0.2, 0.25) is 0 Å². The number of aromatic amines is 2. The molecule has 4 aromatic rings. The Bertz CT molecular complexity index is 987. The van der Waals surface area contributed by atoms with Crippen molar-refractivity contribution in [2.24, 2.45) is 0 Å². The number of nitrogens with zero attached hydrogens (tertiary/aromatic N) is 1. The molecule has 4 nitrogen and oxygen atoms in total. The van der Waals surface area contributed by atoms with Crippen molar-refractivity contribution in [1.82, 2.24) is 15.0 Å². The summed E-state index contributed by atoms with van der Waals surface area (Å²) < 4.78 is 0. The molecule has 0 aliphatic rings. The number of aromatic nitrogens is 3. The highest BCUT2D eigenvalue weighted by Gasteiger charge is 2.07. The van der Waals surface area contributed by atoms with Gasteiger partial charge in [-0.05, 0) is 18.2 Å². The Hall–Kier alpha value is -2.59. The number of rotatable bonds is 1. The van der Waals surface area contributed by atoms with E-state index in [4.69, 9.17) is 0 Å². The van der Waals surface area contributed by atoms with E-state index < -0.39 is 0 Å². The second-order valence-corrected chi connectivity index (χ2v) is 4.73. The van der Waals surface area contributed by atoms with E-state index in [0.717, 1.165) is 27.4 Å². The summed E-state index contributed by atoms with van der Waals surface area (Å²) >= 11 is 0. The first-order chi connectivity index (χ1) is 9.81. The first kappa shape index (κ1) is 13.4. The van der Waals surface area contributed by atoms with E-state index in [1.54, 1.807) is 12.3 Å². The first-order valence-corrected chi connectivity index (χ1v) is 6.37. The quantitative estimate of drug-likeness (QED) is 0.565. The largest absolute Gasteiger partial charge is 0.361 e. The van der Waals surface area contributed by atoms with E-state index in [2.05, 4.69) is 21.0 Å². The number of hydrogen-bond acceptors (Lipinski definition) is 2. The zero-order valence-electron chi connectivity index (χ0n) is 11.0. The summed E-state index contributed by atoms with van der Waals surface area (Å²) in [5.41, 5.74) is 3.72. The van der Waals surface area contributed by atoms with Crippen LogP contribution in [0.25, 0.3) is 33.1 Å². The van der Waals surface area contributed by atoms with E-state index in [-0.39, 0.29) is 18.0 Å². The molecule has 21 heavy (non-hydrogen) atoms. The first-order valence-electron chi connectivity index (χ1n) is 6.37. The van der Waals surface area contributed by atoms with Gasteiger partial charge in [-0.1, -0.05) is 18.2 Å². The molecule has 0 aliphatic heterocycles. The maximum Gasteiger partial charge on any atom is 0.249 e. The Balaban J connectivity index is 0.00000132. The van der Waals surface area contributed by atoms with Crippen molar-refractivity contribution in [3.63, 3.8) is 0 Å². The minimum atomic E-state index is -0.134. The van der Waals surface area contributed by atoms with E-state index in [1.165, 1.54) is 6.07 Å². The smallest absolute Gasteiger partial charge is 0.249 e. The van der Waals surface area contributed by atoms with Gasteiger partial charge in [0.1, 0.15) is 5.65 Å². The van der Waals surface area contributed by atoms with Gasteiger partial charge in [-0.15, -0.1) is 12.4 Å². The van der Waals surface area contributed by atoms with Gasteiger partial charge in [0.25, 0.3) is 0 Å². The standard InChI is InChI=1S/C16H11N3O.ClH/c20-15-6-5-10-7-11(8-18-16(10)19-15)13-9-17-14-4-2-1-3-12(13)14;/h1-9,17H,(H,18,19,20);1H. The van der Waals surface area contributed by atoms with Crippen LogP contribution in [0.3, 0.4) is 0 Å². The lowest BCUT2D eigenvalue weighted by atomic mass is 10.1. The predicted octanol–water partition coefficient (Wildman–Crippen LogP) is 3.49. The van der Waals surface area contributed by atoms with Crippen LogP contribution in [0, 0.1) is 0 Å². The third-order valence-electron chi connectivity index (χ3n) is 3.47. The van der Waals surface area contributed by atoms with Gasteiger partial charge in [0.05, 0.1) is 0 Å². The summed E-state index contributed by atoms with van der Waals surface area (Å²) in [6.45, 7) is 0. The number of fused-ring (bicyclic) bond motifs is 2. The monoisotopic (exact) mass is 297 g/mol. The van der Waals surface area contributed by atoms with Gasteiger partial charge in [-0.25, -0.2) is 4.98 Å². The average molecular weight is 298 g/mol. The second-order valence-electron chi connectivity index (χ2n) is 4.73. The van der Waals surface area contributed by atoms with Gasteiger partial charge < -0.3 is 9.97 Å². The maximum atomic E-state index is 11.3. The maximum absolute atomic E-state index is 11.3. The number of pyridine rings is 2. The molecule has 0 aliphatic carbocycles. The van der Waals surface area contributed by atoms with Gasteiger partial charge >= 0.3 is 0 Å². The number of benzene rings is 1. The lowest BCUT2D eigenvalue weighted by Crippen LogP contribution is -2.03. The third-order valence-corrected chi connectivity index (χ3v) is 3.47. The van der Waals surface area contributed by atoms with Gasteiger partial charge in [0.15, 0.2) is 0 Å². The highest BCUT2D eigenvalue weighted by Crippen LogP contribution is 2.29. The predicted molar refractivity (Wildman–Crippen MR) is 86.9 cm³/mol. The molecule has 0 atom stereocenters. The molecule has 4 rings (SSSR count).